The second-order valence-corrected chi connectivity index (χ2v) is 7.59. The average Bonchev–Trinajstić information content (AvgIpc) is 3.57. The number of aromatic nitrogens is 1. The Morgan fingerprint density at radius 3 is 2.72 bits per heavy atom. The molecule has 8 heteroatoms. The Labute approximate surface area is 191 Å². The van der Waals surface area contributed by atoms with Crippen LogP contribution in [0.15, 0.2) is 23.3 Å². The summed E-state index contributed by atoms with van der Waals surface area (Å²) in [5, 5.41) is 6.67. The fourth-order valence-corrected chi connectivity index (χ4v) is 3.08. The van der Waals surface area contributed by atoms with Crippen LogP contribution in [0.1, 0.15) is 37.7 Å². The molecule has 29 heavy (non-hydrogen) atoms. The minimum atomic E-state index is 0. The van der Waals surface area contributed by atoms with Crippen molar-refractivity contribution in [1.29, 1.82) is 0 Å². The lowest BCUT2D eigenvalue weighted by molar-refractivity contribution is 0.0203. The second-order valence-electron chi connectivity index (χ2n) is 7.59. The Kier molecular flexibility index (Phi) is 11.6. The predicted octanol–water partition coefficient (Wildman–Crippen LogP) is 2.99. The van der Waals surface area contributed by atoms with Gasteiger partial charge in [0.15, 0.2) is 5.96 Å². The molecule has 0 spiro atoms. The molecule has 2 N–H and O–H groups in total. The van der Waals surface area contributed by atoms with Crippen molar-refractivity contribution in [2.24, 2.45) is 16.8 Å². The van der Waals surface area contributed by atoms with Gasteiger partial charge in [-0.1, -0.05) is 0 Å². The standard InChI is InChI=1S/C21H34N4O3.HI/c1-22-21(24-8-2-10-27-15-18-6-11-26-12-7-18)25-14-19-5-9-23-20(13-19)28-16-17-3-4-17;/h5,9,13,17-18H,2-4,6-8,10-12,14-16H2,1H3,(H2,22,24,25);1H. The maximum absolute atomic E-state index is 5.80. The zero-order valence-electron chi connectivity index (χ0n) is 17.4. The molecule has 3 rings (SSSR count). The topological polar surface area (TPSA) is 77.0 Å². The molecule has 1 saturated carbocycles. The van der Waals surface area contributed by atoms with Gasteiger partial charge < -0.3 is 24.8 Å². The van der Waals surface area contributed by atoms with E-state index in [-0.39, 0.29) is 24.0 Å². The fraction of sp³-hybridized carbons (Fsp3) is 0.714. The molecule has 0 bridgehead atoms. The Morgan fingerprint density at radius 2 is 1.97 bits per heavy atom. The zero-order valence-corrected chi connectivity index (χ0v) is 19.7. The highest BCUT2D eigenvalue weighted by atomic mass is 127. The van der Waals surface area contributed by atoms with E-state index in [4.69, 9.17) is 14.2 Å². The van der Waals surface area contributed by atoms with Gasteiger partial charge in [0.2, 0.25) is 5.88 Å². The van der Waals surface area contributed by atoms with E-state index in [1.807, 2.05) is 12.1 Å². The van der Waals surface area contributed by atoms with Crippen molar-refractivity contribution >= 4 is 29.9 Å². The summed E-state index contributed by atoms with van der Waals surface area (Å²) in [5.41, 5.74) is 1.13. The maximum Gasteiger partial charge on any atom is 0.213 e. The highest BCUT2D eigenvalue weighted by molar-refractivity contribution is 14.0. The summed E-state index contributed by atoms with van der Waals surface area (Å²) in [6, 6.07) is 3.99. The van der Waals surface area contributed by atoms with Gasteiger partial charge in [0, 0.05) is 58.8 Å². The number of ether oxygens (including phenoxy) is 3. The number of hydrogen-bond donors (Lipinski definition) is 2. The number of hydrogen-bond acceptors (Lipinski definition) is 5. The predicted molar refractivity (Wildman–Crippen MR) is 125 cm³/mol. The number of aliphatic imine (C=N–C) groups is 1. The third kappa shape index (κ3) is 9.95. The van der Waals surface area contributed by atoms with E-state index >= 15 is 0 Å². The Balaban J connectivity index is 0.00000300. The number of nitrogens with one attached hydrogen (secondary N) is 2. The lowest BCUT2D eigenvalue weighted by Gasteiger charge is -2.21. The van der Waals surface area contributed by atoms with Crippen molar-refractivity contribution in [3.8, 4) is 5.88 Å². The molecule has 164 valence electrons. The summed E-state index contributed by atoms with van der Waals surface area (Å²) < 4.78 is 16.9. The largest absolute Gasteiger partial charge is 0.477 e. The summed E-state index contributed by atoms with van der Waals surface area (Å²) in [6.07, 6.45) is 7.56. The van der Waals surface area contributed by atoms with Gasteiger partial charge in [-0.15, -0.1) is 24.0 Å². The van der Waals surface area contributed by atoms with Crippen LogP contribution in [0.2, 0.25) is 0 Å². The summed E-state index contributed by atoms with van der Waals surface area (Å²) >= 11 is 0. The van der Waals surface area contributed by atoms with Crippen molar-refractivity contribution in [2.45, 2.75) is 38.6 Å². The van der Waals surface area contributed by atoms with Gasteiger partial charge in [0.25, 0.3) is 0 Å². The summed E-state index contributed by atoms with van der Waals surface area (Å²) in [5.74, 6) is 2.89. The lowest BCUT2D eigenvalue weighted by atomic mass is 10.0. The van der Waals surface area contributed by atoms with Gasteiger partial charge in [0.05, 0.1) is 6.61 Å². The molecule has 0 atom stereocenters. The number of guanidine groups is 1. The fourth-order valence-electron chi connectivity index (χ4n) is 3.08. The van der Waals surface area contributed by atoms with Gasteiger partial charge in [-0.25, -0.2) is 4.98 Å². The molecule has 1 aromatic heterocycles. The van der Waals surface area contributed by atoms with E-state index in [0.29, 0.717) is 18.3 Å². The molecule has 0 radical (unpaired) electrons. The van der Waals surface area contributed by atoms with Gasteiger partial charge in [-0.3, -0.25) is 4.99 Å². The minimum Gasteiger partial charge on any atom is -0.477 e. The van der Waals surface area contributed by atoms with Crippen molar-refractivity contribution in [1.82, 2.24) is 15.6 Å². The normalized spacial score (nSPS) is 17.5. The van der Waals surface area contributed by atoms with Crippen molar-refractivity contribution < 1.29 is 14.2 Å². The molecule has 0 amide bonds. The highest BCUT2D eigenvalue weighted by Gasteiger charge is 2.22. The summed E-state index contributed by atoms with van der Waals surface area (Å²) in [4.78, 5) is 8.56. The van der Waals surface area contributed by atoms with Crippen LogP contribution in [-0.4, -0.2) is 57.6 Å². The van der Waals surface area contributed by atoms with Gasteiger partial charge in [-0.2, -0.15) is 0 Å². The number of halogens is 1. The van der Waals surface area contributed by atoms with Crippen LogP contribution in [0.5, 0.6) is 5.88 Å². The van der Waals surface area contributed by atoms with E-state index in [9.17, 15) is 0 Å². The maximum atomic E-state index is 5.80. The van der Waals surface area contributed by atoms with E-state index in [2.05, 4.69) is 20.6 Å². The molecule has 2 aliphatic rings. The molecule has 1 aliphatic heterocycles. The molecule has 2 heterocycles. The van der Waals surface area contributed by atoms with E-state index in [1.54, 1.807) is 13.2 Å². The Bertz CT molecular complexity index is 607. The second kappa shape index (κ2) is 14.0. The molecule has 0 aromatic carbocycles. The van der Waals surface area contributed by atoms with E-state index < -0.39 is 0 Å². The monoisotopic (exact) mass is 518 g/mol. The number of pyridine rings is 1. The van der Waals surface area contributed by atoms with Crippen LogP contribution in [0.25, 0.3) is 0 Å². The SMILES string of the molecule is CN=C(NCCCOCC1CCOCC1)NCc1ccnc(OCC2CC2)c1.I. The quantitative estimate of drug-likeness (QED) is 0.203. The van der Waals surface area contributed by atoms with Crippen molar-refractivity contribution in [2.75, 3.05) is 46.6 Å². The highest BCUT2D eigenvalue weighted by Crippen LogP contribution is 2.29. The van der Waals surface area contributed by atoms with Gasteiger partial charge in [0.1, 0.15) is 0 Å². The smallest absolute Gasteiger partial charge is 0.213 e. The van der Waals surface area contributed by atoms with Crippen molar-refractivity contribution in [3.63, 3.8) is 0 Å². The first kappa shape index (κ1) is 24.1. The molecular weight excluding hydrogens is 483 g/mol. The molecule has 2 fully saturated rings. The third-order valence-corrected chi connectivity index (χ3v) is 5.10. The van der Waals surface area contributed by atoms with Gasteiger partial charge >= 0.3 is 0 Å². The first-order valence-electron chi connectivity index (χ1n) is 10.5. The Morgan fingerprint density at radius 1 is 1.17 bits per heavy atom. The first-order chi connectivity index (χ1) is 13.8. The Hall–Kier alpha value is -1.13. The number of rotatable bonds is 11. The molecule has 1 aromatic rings. The number of nitrogens with zero attached hydrogens (tertiary/aromatic N) is 2. The van der Waals surface area contributed by atoms with E-state index in [0.717, 1.165) is 76.3 Å². The average molecular weight is 518 g/mol. The zero-order chi connectivity index (χ0) is 19.4. The first-order valence-corrected chi connectivity index (χ1v) is 10.5. The molecule has 0 unspecified atom stereocenters. The molecule has 7 nitrogen and oxygen atoms in total. The van der Waals surface area contributed by atoms with Crippen LogP contribution in [0.4, 0.5) is 0 Å². The third-order valence-electron chi connectivity index (χ3n) is 5.10. The van der Waals surface area contributed by atoms with Crippen LogP contribution in [0.3, 0.4) is 0 Å². The minimum absolute atomic E-state index is 0. The summed E-state index contributed by atoms with van der Waals surface area (Å²) in [7, 11) is 1.79. The van der Waals surface area contributed by atoms with Gasteiger partial charge in [-0.05, 0) is 55.6 Å². The van der Waals surface area contributed by atoms with Crippen molar-refractivity contribution in [3.05, 3.63) is 23.9 Å². The van der Waals surface area contributed by atoms with E-state index in [1.165, 1.54) is 12.8 Å². The van der Waals surface area contributed by atoms with Crippen LogP contribution >= 0.6 is 24.0 Å². The molecular formula is C21H35IN4O3. The summed E-state index contributed by atoms with van der Waals surface area (Å²) in [6.45, 7) is 5.68. The van der Waals surface area contributed by atoms with Crippen LogP contribution in [0, 0.1) is 11.8 Å². The molecule has 1 aliphatic carbocycles. The lowest BCUT2D eigenvalue weighted by Crippen LogP contribution is -2.37. The molecule has 1 saturated heterocycles. The van der Waals surface area contributed by atoms with Crippen LogP contribution < -0.4 is 15.4 Å². The van der Waals surface area contributed by atoms with Crippen LogP contribution in [-0.2, 0) is 16.0 Å².